The zero-order chi connectivity index (χ0) is 33.5. The minimum absolute atomic E-state index is 0.00833. The number of aliphatic imine (C=N–C) groups is 1. The third-order valence-electron chi connectivity index (χ3n) is 6.16. The highest BCUT2D eigenvalue weighted by molar-refractivity contribution is 8.00. The van der Waals surface area contributed by atoms with Crippen LogP contribution >= 0.6 is 11.8 Å². The molecule has 1 radical (unpaired) electrons. The maximum absolute atomic E-state index is 13.4. The topological polar surface area (TPSA) is 308 Å². The second-order valence-electron chi connectivity index (χ2n) is 9.81. The summed E-state index contributed by atoms with van der Waals surface area (Å²) in [5.74, 6) is -6.58. The minimum atomic E-state index is -2.12. The number of carbonyl (C=O) groups excluding carboxylic acids is 5. The molecule has 1 aromatic rings. The first-order valence-electron chi connectivity index (χ1n) is 13.6. The van der Waals surface area contributed by atoms with Gasteiger partial charge in [-0.05, 0) is 30.5 Å². The molecule has 0 bridgehead atoms. The first-order valence-corrected chi connectivity index (χ1v) is 14.7. The number of nitrogens with zero attached hydrogens (tertiary/aromatic N) is 1. The number of benzene rings is 1. The number of aliphatic hydroxyl groups excluding tert-OH is 1. The van der Waals surface area contributed by atoms with E-state index in [0.717, 1.165) is 11.8 Å². The summed E-state index contributed by atoms with van der Waals surface area (Å²) in [6.07, 6.45) is -1.47. The van der Waals surface area contributed by atoms with Crippen molar-refractivity contribution in [2.24, 2.45) is 16.5 Å². The molecule has 5 amide bonds. The van der Waals surface area contributed by atoms with E-state index in [4.69, 9.17) is 16.6 Å². The third-order valence-corrected chi connectivity index (χ3v) is 7.22. The fraction of sp³-hybridized carbons (Fsp3) is 0.462. The Labute approximate surface area is 261 Å². The molecule has 1 aromatic carbocycles. The van der Waals surface area contributed by atoms with Gasteiger partial charge >= 0.3 is 5.97 Å². The van der Waals surface area contributed by atoms with Gasteiger partial charge in [-0.3, -0.25) is 33.8 Å². The summed E-state index contributed by atoms with van der Waals surface area (Å²) in [6.45, 7) is -0.620. The summed E-state index contributed by atoms with van der Waals surface area (Å²) >= 11 is 0.865. The van der Waals surface area contributed by atoms with E-state index in [1.54, 1.807) is 0 Å². The van der Waals surface area contributed by atoms with Gasteiger partial charge < -0.3 is 58.5 Å². The average Bonchev–Trinajstić information content (AvgIpc) is 2.96. The summed E-state index contributed by atoms with van der Waals surface area (Å²) in [5, 5.41) is 50.0. The Bertz CT molecular complexity index is 1240. The van der Waals surface area contributed by atoms with E-state index in [-0.39, 0.29) is 49.0 Å². The number of hydrogen-bond acceptors (Lipinski definition) is 11. The second kappa shape index (κ2) is 18.2. The molecule has 0 aliphatic carbocycles. The number of amides is 5. The summed E-state index contributed by atoms with van der Waals surface area (Å²) in [7, 11) is 0. The van der Waals surface area contributed by atoms with Gasteiger partial charge in [0.2, 0.25) is 29.5 Å². The van der Waals surface area contributed by atoms with Crippen LogP contribution in [0.4, 0.5) is 0 Å². The van der Waals surface area contributed by atoms with Crippen LogP contribution in [0, 0.1) is 6.42 Å². The van der Waals surface area contributed by atoms with Gasteiger partial charge in [-0.1, -0.05) is 12.1 Å². The van der Waals surface area contributed by atoms with Crippen LogP contribution in [0.2, 0.25) is 0 Å². The molecule has 1 aliphatic heterocycles. The van der Waals surface area contributed by atoms with Gasteiger partial charge in [-0.2, -0.15) is 0 Å². The SMILES string of the molecule is NC(N)=NCCCC1NC(=O)C(Cc2ccc(O)cc2)NC(=O)CSCC(C(O)O)NC(=O)C([CH]C(=O)O)NC(=O)CNC1=O. The molecule has 1 saturated heterocycles. The average molecular weight is 654 g/mol. The second-order valence-corrected chi connectivity index (χ2v) is 10.8. The van der Waals surface area contributed by atoms with E-state index < -0.39 is 72.5 Å². The summed E-state index contributed by atoms with van der Waals surface area (Å²) < 4.78 is 0. The van der Waals surface area contributed by atoms with Crippen LogP contribution in [0.3, 0.4) is 0 Å². The molecule has 1 aliphatic rings. The number of nitrogens with two attached hydrogens (primary N) is 2. The number of guanidine groups is 1. The van der Waals surface area contributed by atoms with Crippen LogP contribution in [0.1, 0.15) is 18.4 Å². The van der Waals surface area contributed by atoms with Crippen molar-refractivity contribution in [1.82, 2.24) is 26.6 Å². The quantitative estimate of drug-likeness (QED) is 0.0518. The van der Waals surface area contributed by atoms with Crippen LogP contribution < -0.4 is 38.1 Å². The van der Waals surface area contributed by atoms with Crippen molar-refractivity contribution >= 4 is 53.2 Å². The predicted octanol–water partition coefficient (Wildman–Crippen LogP) is -4.61. The number of phenols is 1. The van der Waals surface area contributed by atoms with E-state index >= 15 is 0 Å². The number of aliphatic hydroxyl groups is 2. The van der Waals surface area contributed by atoms with Crippen molar-refractivity contribution in [2.45, 2.75) is 49.7 Å². The zero-order valence-electron chi connectivity index (χ0n) is 24.0. The van der Waals surface area contributed by atoms with Crippen molar-refractivity contribution in [3.63, 3.8) is 0 Å². The van der Waals surface area contributed by atoms with Crippen molar-refractivity contribution < 1.29 is 49.2 Å². The van der Waals surface area contributed by atoms with E-state index in [1.165, 1.54) is 24.3 Å². The molecule has 18 nitrogen and oxygen atoms in total. The first kappa shape index (κ1) is 36.6. The lowest BCUT2D eigenvalue weighted by Gasteiger charge is -2.25. The van der Waals surface area contributed by atoms with Crippen LogP contribution in [-0.2, 0) is 35.2 Å². The number of nitrogens with one attached hydrogen (secondary N) is 5. The molecule has 0 saturated carbocycles. The molecular formula is C26H37N8O10S. The molecule has 1 fully saturated rings. The van der Waals surface area contributed by atoms with E-state index in [2.05, 4.69) is 31.6 Å². The maximum atomic E-state index is 13.4. The molecule has 4 unspecified atom stereocenters. The largest absolute Gasteiger partial charge is 0.508 e. The number of hydrogen-bond donors (Lipinski definition) is 11. The molecule has 4 atom stereocenters. The number of aliphatic carboxylic acids is 1. The minimum Gasteiger partial charge on any atom is -0.508 e. The number of carbonyl (C=O) groups is 6. The highest BCUT2D eigenvalue weighted by Gasteiger charge is 2.31. The fourth-order valence-corrected chi connectivity index (χ4v) is 4.85. The lowest BCUT2D eigenvalue weighted by molar-refractivity contribution is -0.137. The number of carboxylic acids is 1. The smallest absolute Gasteiger partial charge is 0.310 e. The maximum Gasteiger partial charge on any atom is 0.310 e. The summed E-state index contributed by atoms with van der Waals surface area (Å²) in [4.78, 5) is 79.8. The van der Waals surface area contributed by atoms with Gasteiger partial charge in [0, 0.05) is 18.7 Å². The Morgan fingerprint density at radius 1 is 0.956 bits per heavy atom. The van der Waals surface area contributed by atoms with Gasteiger partial charge in [0.25, 0.3) is 0 Å². The summed E-state index contributed by atoms with van der Waals surface area (Å²) in [5.41, 5.74) is 11.2. The van der Waals surface area contributed by atoms with Gasteiger partial charge in [-0.15, -0.1) is 11.8 Å². The predicted molar refractivity (Wildman–Crippen MR) is 160 cm³/mol. The molecule has 0 aromatic heterocycles. The van der Waals surface area contributed by atoms with Crippen molar-refractivity contribution in [3.8, 4) is 5.75 Å². The Balaban J connectivity index is 2.36. The van der Waals surface area contributed by atoms with E-state index in [9.17, 15) is 44.1 Å². The molecular weight excluding hydrogens is 616 g/mol. The third kappa shape index (κ3) is 13.7. The summed E-state index contributed by atoms with van der Waals surface area (Å²) in [6, 6.07) is 0.278. The van der Waals surface area contributed by atoms with E-state index in [0.29, 0.717) is 12.0 Å². The van der Waals surface area contributed by atoms with Crippen LogP contribution in [0.15, 0.2) is 29.3 Å². The highest BCUT2D eigenvalue weighted by atomic mass is 32.2. The number of aromatic hydroxyl groups is 1. The zero-order valence-corrected chi connectivity index (χ0v) is 24.8. The lowest BCUT2D eigenvalue weighted by atomic mass is 10.0. The van der Waals surface area contributed by atoms with Crippen molar-refractivity contribution in [1.29, 1.82) is 0 Å². The number of rotatable bonds is 9. The molecule has 1 heterocycles. The van der Waals surface area contributed by atoms with Gasteiger partial charge in [0.05, 0.1) is 18.3 Å². The molecule has 0 spiro atoms. The van der Waals surface area contributed by atoms with Crippen LogP contribution in [0.25, 0.3) is 0 Å². The normalized spacial score (nSPS) is 22.5. The first-order chi connectivity index (χ1) is 21.2. The Hall–Kier alpha value is -4.62. The van der Waals surface area contributed by atoms with E-state index in [1.807, 2.05) is 0 Å². The number of thioether (sulfide) groups is 1. The molecule has 2 rings (SSSR count). The van der Waals surface area contributed by atoms with Crippen LogP contribution in [-0.4, -0.2) is 117 Å². The monoisotopic (exact) mass is 653 g/mol. The standard InChI is InChI=1S/C26H37N8O10S/c27-26(28)29-7-1-2-15-22(40)30-10-19(36)31-17(9-21(38)39)24(42)34-18(25(43)44)11-45-12-20(37)32-16(23(41)33-15)8-13-3-5-14(35)6-4-13/h3-6,9,15-18,25,35,43-44H,1-2,7-8,10-12H2,(H,30,40)(H,31,36)(H,32,37)(H,33,41)(H,34,42)(H,38,39)(H4,27,28,29). The molecule has 247 valence electrons. The van der Waals surface area contributed by atoms with Crippen molar-refractivity contribution in [3.05, 3.63) is 36.2 Å². The lowest BCUT2D eigenvalue weighted by Crippen LogP contribution is -2.57. The van der Waals surface area contributed by atoms with Crippen LogP contribution in [0.5, 0.6) is 5.75 Å². The number of phenolic OH excluding ortho intramolecular Hbond substituents is 1. The van der Waals surface area contributed by atoms with Gasteiger partial charge in [0.15, 0.2) is 12.2 Å². The van der Waals surface area contributed by atoms with Gasteiger partial charge in [0.1, 0.15) is 30.3 Å². The van der Waals surface area contributed by atoms with Crippen molar-refractivity contribution in [2.75, 3.05) is 24.6 Å². The fourth-order valence-electron chi connectivity index (χ4n) is 3.95. The Kier molecular flexibility index (Phi) is 14.8. The highest BCUT2D eigenvalue weighted by Crippen LogP contribution is 2.13. The van der Waals surface area contributed by atoms with Gasteiger partial charge in [-0.25, -0.2) is 0 Å². The Morgan fingerprint density at radius 2 is 1.64 bits per heavy atom. The molecule has 45 heavy (non-hydrogen) atoms. The number of carboxylic acid groups (broad SMARTS) is 1. The Morgan fingerprint density at radius 3 is 2.27 bits per heavy atom. The molecule has 13 N–H and O–H groups in total. The molecule has 19 heteroatoms.